The topological polar surface area (TPSA) is 75.3 Å². The van der Waals surface area contributed by atoms with Crippen molar-refractivity contribution < 1.29 is 13.2 Å². The summed E-state index contributed by atoms with van der Waals surface area (Å²) < 4.78 is 24.9. The van der Waals surface area contributed by atoms with Gasteiger partial charge in [-0.3, -0.25) is 4.79 Å². The molecule has 1 aliphatic rings. The summed E-state index contributed by atoms with van der Waals surface area (Å²) in [4.78, 5) is 13.5. The van der Waals surface area contributed by atoms with Crippen LogP contribution in [0.3, 0.4) is 0 Å². The molecule has 2 N–H and O–H groups in total. The molecule has 25 heavy (non-hydrogen) atoms. The molecule has 0 saturated carbocycles. The van der Waals surface area contributed by atoms with Gasteiger partial charge in [-0.05, 0) is 50.9 Å². The molecule has 1 aromatic rings. The summed E-state index contributed by atoms with van der Waals surface area (Å²) in [6.07, 6.45) is 1.50. The van der Waals surface area contributed by atoms with Crippen LogP contribution in [-0.2, 0) is 14.6 Å². The fourth-order valence-electron chi connectivity index (χ4n) is 2.96. The highest BCUT2D eigenvalue weighted by molar-refractivity contribution is 8.01. The Hall–Kier alpha value is -1.05. The van der Waals surface area contributed by atoms with Crippen LogP contribution < -0.4 is 10.6 Å². The number of thioether (sulfide) groups is 1. The highest BCUT2D eigenvalue weighted by Gasteiger charge is 2.26. The van der Waals surface area contributed by atoms with Gasteiger partial charge in [-0.1, -0.05) is 26.0 Å². The second-order valence-electron chi connectivity index (χ2n) is 6.61. The Bertz CT molecular complexity index is 691. The molecule has 2 rings (SSSR count). The second kappa shape index (κ2) is 9.05. The van der Waals surface area contributed by atoms with Crippen LogP contribution in [0.15, 0.2) is 34.1 Å². The SMILES string of the molecule is CCCS(=O)(=O)c1ccccc1SC(C)C(=O)NC1CCNCC1C. The maximum atomic E-state index is 12.5. The van der Waals surface area contributed by atoms with Crippen LogP contribution in [0.5, 0.6) is 0 Å². The van der Waals surface area contributed by atoms with Crippen LogP contribution >= 0.6 is 11.8 Å². The van der Waals surface area contributed by atoms with Crippen molar-refractivity contribution in [3.63, 3.8) is 0 Å². The maximum Gasteiger partial charge on any atom is 0.233 e. The van der Waals surface area contributed by atoms with E-state index in [9.17, 15) is 13.2 Å². The van der Waals surface area contributed by atoms with Crippen molar-refractivity contribution in [1.29, 1.82) is 0 Å². The molecule has 0 aliphatic carbocycles. The van der Waals surface area contributed by atoms with E-state index in [4.69, 9.17) is 0 Å². The average molecular weight is 385 g/mol. The number of hydrogen-bond donors (Lipinski definition) is 2. The molecule has 0 bridgehead atoms. The molecule has 1 aromatic carbocycles. The molecule has 1 fully saturated rings. The minimum Gasteiger partial charge on any atom is -0.352 e. The van der Waals surface area contributed by atoms with Gasteiger partial charge in [0.25, 0.3) is 0 Å². The number of carbonyl (C=O) groups is 1. The van der Waals surface area contributed by atoms with Crippen LogP contribution in [0.25, 0.3) is 0 Å². The molecule has 3 atom stereocenters. The molecule has 0 spiro atoms. The van der Waals surface area contributed by atoms with Gasteiger partial charge >= 0.3 is 0 Å². The molecule has 0 aromatic heterocycles. The van der Waals surface area contributed by atoms with E-state index in [0.717, 1.165) is 19.5 Å². The Labute approximate surface area is 155 Å². The number of rotatable bonds is 7. The van der Waals surface area contributed by atoms with E-state index in [2.05, 4.69) is 17.6 Å². The first-order valence-corrected chi connectivity index (χ1v) is 11.4. The first-order valence-electron chi connectivity index (χ1n) is 8.84. The normalized spacial score (nSPS) is 22.4. The number of sulfone groups is 1. The molecule has 3 unspecified atom stereocenters. The third-order valence-electron chi connectivity index (χ3n) is 4.44. The molecule has 1 amide bonds. The van der Waals surface area contributed by atoms with Crippen molar-refractivity contribution >= 4 is 27.5 Å². The summed E-state index contributed by atoms with van der Waals surface area (Å²) in [5.74, 6) is 0.483. The largest absolute Gasteiger partial charge is 0.352 e. The van der Waals surface area contributed by atoms with Crippen molar-refractivity contribution in [1.82, 2.24) is 10.6 Å². The fraction of sp³-hybridized carbons (Fsp3) is 0.611. The summed E-state index contributed by atoms with van der Waals surface area (Å²) in [6, 6.07) is 7.13. The molecule has 7 heteroatoms. The summed E-state index contributed by atoms with van der Waals surface area (Å²) in [6.45, 7) is 7.62. The zero-order valence-corrected chi connectivity index (χ0v) is 16.8. The Morgan fingerprint density at radius 3 is 2.80 bits per heavy atom. The number of amides is 1. The van der Waals surface area contributed by atoms with Gasteiger partial charge in [-0.2, -0.15) is 0 Å². The third-order valence-corrected chi connectivity index (χ3v) is 7.72. The van der Waals surface area contributed by atoms with Crippen molar-refractivity contribution in [2.45, 2.75) is 54.7 Å². The van der Waals surface area contributed by atoms with Crippen LogP contribution in [0.2, 0.25) is 0 Å². The molecule has 1 aliphatic heterocycles. The zero-order chi connectivity index (χ0) is 18.4. The molecule has 1 heterocycles. The minimum atomic E-state index is -3.31. The summed E-state index contributed by atoms with van der Waals surface area (Å²) >= 11 is 1.31. The van der Waals surface area contributed by atoms with Crippen LogP contribution in [0, 0.1) is 5.92 Å². The number of benzene rings is 1. The molecule has 140 valence electrons. The van der Waals surface area contributed by atoms with Crippen molar-refractivity contribution in [2.24, 2.45) is 5.92 Å². The van der Waals surface area contributed by atoms with E-state index in [1.165, 1.54) is 11.8 Å². The highest BCUT2D eigenvalue weighted by Crippen LogP contribution is 2.31. The van der Waals surface area contributed by atoms with Crippen LogP contribution in [0.1, 0.15) is 33.6 Å². The number of piperidine rings is 1. The minimum absolute atomic E-state index is 0.0357. The quantitative estimate of drug-likeness (QED) is 0.707. The Balaban J connectivity index is 2.07. The molecule has 0 radical (unpaired) electrons. The van der Waals surface area contributed by atoms with E-state index in [1.54, 1.807) is 18.2 Å². The van der Waals surface area contributed by atoms with Gasteiger partial charge < -0.3 is 10.6 Å². The lowest BCUT2D eigenvalue weighted by molar-refractivity contribution is -0.121. The van der Waals surface area contributed by atoms with Gasteiger partial charge in [0.05, 0.1) is 15.9 Å². The summed E-state index contributed by atoms with van der Waals surface area (Å²) in [7, 11) is -3.31. The van der Waals surface area contributed by atoms with Gasteiger partial charge in [-0.25, -0.2) is 8.42 Å². The molecule has 5 nitrogen and oxygen atoms in total. The highest BCUT2D eigenvalue weighted by atomic mass is 32.2. The maximum absolute atomic E-state index is 12.5. The summed E-state index contributed by atoms with van der Waals surface area (Å²) in [5, 5.41) is 6.10. The molecule has 1 saturated heterocycles. The van der Waals surface area contributed by atoms with Crippen LogP contribution in [-0.4, -0.2) is 44.5 Å². The van der Waals surface area contributed by atoms with E-state index < -0.39 is 9.84 Å². The van der Waals surface area contributed by atoms with E-state index >= 15 is 0 Å². The standard InChI is InChI=1S/C18H28N2O3S2/c1-4-11-25(22,23)17-8-6-5-7-16(17)24-14(3)18(21)20-15-9-10-19-12-13(15)2/h5-8,13-15,19H,4,9-12H2,1-3H3,(H,20,21). The number of nitrogens with one attached hydrogen (secondary N) is 2. The smallest absolute Gasteiger partial charge is 0.233 e. The lowest BCUT2D eigenvalue weighted by Gasteiger charge is -2.31. The monoisotopic (exact) mass is 384 g/mol. The predicted octanol–water partition coefficient (Wildman–Crippen LogP) is 2.47. The lowest BCUT2D eigenvalue weighted by Crippen LogP contribution is -2.50. The second-order valence-corrected chi connectivity index (χ2v) is 10.1. The van der Waals surface area contributed by atoms with Crippen molar-refractivity contribution in [3.05, 3.63) is 24.3 Å². The van der Waals surface area contributed by atoms with E-state index in [1.807, 2.05) is 19.9 Å². The predicted molar refractivity (Wildman–Crippen MR) is 103 cm³/mol. The van der Waals surface area contributed by atoms with Gasteiger partial charge in [0.1, 0.15) is 0 Å². The van der Waals surface area contributed by atoms with Crippen molar-refractivity contribution in [2.75, 3.05) is 18.8 Å². The lowest BCUT2D eigenvalue weighted by atomic mass is 9.95. The van der Waals surface area contributed by atoms with Gasteiger partial charge in [0.2, 0.25) is 5.91 Å². The van der Waals surface area contributed by atoms with E-state index in [-0.39, 0.29) is 23.0 Å². The van der Waals surface area contributed by atoms with Crippen molar-refractivity contribution in [3.8, 4) is 0 Å². The van der Waals surface area contributed by atoms with Gasteiger partial charge in [0.15, 0.2) is 9.84 Å². The molecular weight excluding hydrogens is 356 g/mol. The fourth-order valence-corrected chi connectivity index (χ4v) is 5.80. The first kappa shape index (κ1) is 20.3. The van der Waals surface area contributed by atoms with Crippen LogP contribution in [0.4, 0.5) is 0 Å². The molecular formula is C18H28N2O3S2. The van der Waals surface area contributed by atoms with E-state index in [0.29, 0.717) is 22.1 Å². The zero-order valence-electron chi connectivity index (χ0n) is 15.1. The Morgan fingerprint density at radius 1 is 1.40 bits per heavy atom. The Kier molecular flexibility index (Phi) is 7.34. The van der Waals surface area contributed by atoms with Gasteiger partial charge in [-0.15, -0.1) is 11.8 Å². The third kappa shape index (κ3) is 5.46. The Morgan fingerprint density at radius 2 is 2.12 bits per heavy atom. The number of hydrogen-bond acceptors (Lipinski definition) is 5. The average Bonchev–Trinajstić information content (AvgIpc) is 2.57. The summed E-state index contributed by atoms with van der Waals surface area (Å²) in [5.41, 5.74) is 0. The van der Waals surface area contributed by atoms with Gasteiger partial charge in [0, 0.05) is 10.9 Å². The number of carbonyl (C=O) groups excluding carboxylic acids is 1. The first-order chi connectivity index (χ1) is 11.8.